The number of carbonyl (C=O) groups is 1. The lowest BCUT2D eigenvalue weighted by Crippen LogP contribution is -2.25. The summed E-state index contributed by atoms with van der Waals surface area (Å²) in [5.41, 5.74) is 0.661. The van der Waals surface area contributed by atoms with Crippen molar-refractivity contribution in [1.29, 1.82) is 0 Å². The predicted molar refractivity (Wildman–Crippen MR) is 69.1 cm³/mol. The monoisotopic (exact) mass is 260 g/mol. The molecule has 18 heavy (non-hydrogen) atoms. The number of nitrogens with one attached hydrogen (secondary N) is 1. The maximum atomic E-state index is 11.8. The number of hydrogen-bond donors (Lipinski definition) is 1. The number of carbonyl (C=O) groups excluding carboxylic acids is 1. The van der Waals surface area contributed by atoms with E-state index in [9.17, 15) is 4.79 Å². The molecule has 1 aliphatic carbocycles. The molecule has 0 saturated heterocycles. The molecule has 1 aliphatic rings. The second-order valence-corrected chi connectivity index (χ2v) is 5.03. The topological polar surface area (TPSA) is 51.2 Å². The van der Waals surface area contributed by atoms with E-state index in [-0.39, 0.29) is 5.91 Å². The minimum absolute atomic E-state index is 0.0155. The van der Waals surface area contributed by atoms with Crippen LogP contribution in [0.15, 0.2) is 35.8 Å². The van der Waals surface area contributed by atoms with Crippen LogP contribution in [-0.2, 0) is 0 Å². The normalized spacial score (nSPS) is 14.2. The highest BCUT2D eigenvalue weighted by molar-refractivity contribution is 7.11. The van der Waals surface area contributed by atoms with Crippen molar-refractivity contribution in [2.24, 2.45) is 0 Å². The first-order chi connectivity index (χ1) is 8.81. The molecular weight excluding hydrogens is 248 g/mol. The second kappa shape index (κ2) is 4.78. The number of benzene rings is 1. The van der Waals surface area contributed by atoms with Crippen molar-refractivity contribution in [3.05, 3.63) is 41.4 Å². The molecule has 1 heterocycles. The average molecular weight is 260 g/mol. The number of hydrogen-bond acceptors (Lipinski definition) is 4. The van der Waals surface area contributed by atoms with E-state index in [1.807, 2.05) is 5.38 Å². The molecule has 0 radical (unpaired) electrons. The molecule has 4 nitrogen and oxygen atoms in total. The summed E-state index contributed by atoms with van der Waals surface area (Å²) in [6, 6.07) is 7.47. The van der Waals surface area contributed by atoms with Crippen LogP contribution in [-0.4, -0.2) is 16.9 Å². The molecule has 0 aliphatic heterocycles. The Morgan fingerprint density at radius 1 is 1.33 bits per heavy atom. The first-order valence-corrected chi connectivity index (χ1v) is 6.67. The van der Waals surface area contributed by atoms with Crippen LogP contribution in [0.4, 0.5) is 0 Å². The van der Waals surface area contributed by atoms with Gasteiger partial charge in [0, 0.05) is 23.2 Å². The van der Waals surface area contributed by atoms with Crippen molar-refractivity contribution >= 4 is 17.2 Å². The highest BCUT2D eigenvalue weighted by atomic mass is 32.1. The summed E-state index contributed by atoms with van der Waals surface area (Å²) in [5.74, 6) is 0.672. The van der Waals surface area contributed by atoms with E-state index in [0.29, 0.717) is 22.5 Å². The number of ether oxygens (including phenoxy) is 1. The van der Waals surface area contributed by atoms with Gasteiger partial charge in [-0.2, -0.15) is 0 Å². The Bertz CT molecular complexity index is 533. The highest BCUT2D eigenvalue weighted by Crippen LogP contribution is 2.24. The zero-order valence-electron chi connectivity index (χ0n) is 9.63. The molecule has 0 atom stereocenters. The van der Waals surface area contributed by atoms with E-state index < -0.39 is 0 Å². The van der Waals surface area contributed by atoms with Crippen LogP contribution >= 0.6 is 11.3 Å². The van der Waals surface area contributed by atoms with Gasteiger partial charge in [-0.15, -0.1) is 0 Å². The van der Waals surface area contributed by atoms with Gasteiger partial charge in [-0.05, 0) is 37.1 Å². The first kappa shape index (κ1) is 11.2. The lowest BCUT2D eigenvalue weighted by molar-refractivity contribution is 0.0951. The molecule has 92 valence electrons. The maximum Gasteiger partial charge on any atom is 0.278 e. The minimum atomic E-state index is -0.0155. The molecule has 1 saturated carbocycles. The van der Waals surface area contributed by atoms with Gasteiger partial charge in [0.15, 0.2) is 0 Å². The van der Waals surface area contributed by atoms with Crippen LogP contribution in [0.1, 0.15) is 23.2 Å². The van der Waals surface area contributed by atoms with Gasteiger partial charge in [-0.3, -0.25) is 4.79 Å². The van der Waals surface area contributed by atoms with Crippen LogP contribution in [0, 0.1) is 0 Å². The molecule has 5 heteroatoms. The lowest BCUT2D eigenvalue weighted by atomic mass is 10.2. The zero-order chi connectivity index (χ0) is 12.4. The Morgan fingerprint density at radius 3 is 2.72 bits per heavy atom. The average Bonchev–Trinajstić information content (AvgIpc) is 3.04. The molecule has 0 unspecified atom stereocenters. The van der Waals surface area contributed by atoms with Gasteiger partial charge in [-0.1, -0.05) is 11.3 Å². The number of amides is 1. The molecule has 0 bridgehead atoms. The van der Waals surface area contributed by atoms with Gasteiger partial charge in [0.05, 0.1) is 0 Å². The van der Waals surface area contributed by atoms with Crippen LogP contribution in [0.5, 0.6) is 10.9 Å². The quantitative estimate of drug-likeness (QED) is 0.919. The second-order valence-electron chi connectivity index (χ2n) is 4.17. The molecule has 1 fully saturated rings. The van der Waals surface area contributed by atoms with Gasteiger partial charge in [0.2, 0.25) is 0 Å². The molecular formula is C13H12N2O2S. The fraction of sp³-hybridized carbons (Fsp3) is 0.231. The van der Waals surface area contributed by atoms with Gasteiger partial charge in [0.25, 0.3) is 11.1 Å². The zero-order valence-corrected chi connectivity index (χ0v) is 10.4. The molecule has 0 spiro atoms. The van der Waals surface area contributed by atoms with Gasteiger partial charge < -0.3 is 10.1 Å². The summed E-state index contributed by atoms with van der Waals surface area (Å²) in [6.45, 7) is 0. The smallest absolute Gasteiger partial charge is 0.278 e. The summed E-state index contributed by atoms with van der Waals surface area (Å²) in [7, 11) is 0. The minimum Gasteiger partial charge on any atom is -0.431 e. The number of aromatic nitrogens is 1. The molecule has 1 N–H and O–H groups in total. The molecule has 1 amide bonds. The Balaban J connectivity index is 1.66. The van der Waals surface area contributed by atoms with E-state index in [4.69, 9.17) is 4.74 Å². The summed E-state index contributed by atoms with van der Waals surface area (Å²) in [6.07, 6.45) is 3.88. The Kier molecular flexibility index (Phi) is 2.98. The molecule has 2 aromatic rings. The lowest BCUT2D eigenvalue weighted by Gasteiger charge is -2.05. The maximum absolute atomic E-state index is 11.8. The van der Waals surface area contributed by atoms with Crippen LogP contribution < -0.4 is 10.1 Å². The van der Waals surface area contributed by atoms with Crippen molar-refractivity contribution in [2.45, 2.75) is 18.9 Å². The Labute approximate surface area is 109 Å². The van der Waals surface area contributed by atoms with E-state index >= 15 is 0 Å². The third-order valence-corrected chi connectivity index (χ3v) is 3.29. The van der Waals surface area contributed by atoms with Gasteiger partial charge in [-0.25, -0.2) is 4.98 Å². The van der Waals surface area contributed by atoms with Crippen molar-refractivity contribution in [1.82, 2.24) is 10.3 Å². The number of nitrogens with zero attached hydrogens (tertiary/aromatic N) is 1. The fourth-order valence-corrected chi connectivity index (χ4v) is 2.04. The van der Waals surface area contributed by atoms with E-state index in [1.165, 1.54) is 11.3 Å². The third-order valence-electron chi connectivity index (χ3n) is 2.64. The molecule has 1 aromatic carbocycles. The van der Waals surface area contributed by atoms with Crippen LogP contribution in [0.3, 0.4) is 0 Å². The van der Waals surface area contributed by atoms with Gasteiger partial charge >= 0.3 is 0 Å². The summed E-state index contributed by atoms with van der Waals surface area (Å²) >= 11 is 1.43. The number of rotatable bonds is 4. The largest absolute Gasteiger partial charge is 0.431 e. The number of thiazole rings is 1. The van der Waals surface area contributed by atoms with E-state index in [1.54, 1.807) is 30.5 Å². The fourth-order valence-electron chi connectivity index (χ4n) is 1.53. The van der Waals surface area contributed by atoms with E-state index in [2.05, 4.69) is 10.3 Å². The molecule has 3 rings (SSSR count). The van der Waals surface area contributed by atoms with Crippen LogP contribution in [0.2, 0.25) is 0 Å². The standard InChI is InChI=1S/C13H12N2O2S/c16-12(15-10-3-4-10)9-1-5-11(6-2-9)17-13-14-7-8-18-13/h1-2,5-8,10H,3-4H2,(H,15,16). The Morgan fingerprint density at radius 2 is 2.11 bits per heavy atom. The van der Waals surface area contributed by atoms with Crippen molar-refractivity contribution in [3.63, 3.8) is 0 Å². The SMILES string of the molecule is O=C(NC1CC1)c1ccc(Oc2nccs2)cc1. The third kappa shape index (κ3) is 2.68. The van der Waals surface area contributed by atoms with Crippen LogP contribution in [0.25, 0.3) is 0 Å². The van der Waals surface area contributed by atoms with E-state index in [0.717, 1.165) is 12.8 Å². The first-order valence-electron chi connectivity index (χ1n) is 5.79. The summed E-state index contributed by atoms with van der Waals surface area (Å²) < 4.78 is 5.52. The van der Waals surface area contributed by atoms with Crippen molar-refractivity contribution < 1.29 is 9.53 Å². The predicted octanol–water partition coefficient (Wildman–Crippen LogP) is 2.83. The highest BCUT2D eigenvalue weighted by Gasteiger charge is 2.23. The van der Waals surface area contributed by atoms with Crippen molar-refractivity contribution in [2.75, 3.05) is 0 Å². The van der Waals surface area contributed by atoms with Crippen molar-refractivity contribution in [3.8, 4) is 10.9 Å². The Hall–Kier alpha value is -1.88. The van der Waals surface area contributed by atoms with Gasteiger partial charge in [0.1, 0.15) is 5.75 Å². The summed E-state index contributed by atoms with van der Waals surface area (Å²) in [4.78, 5) is 15.8. The summed E-state index contributed by atoms with van der Waals surface area (Å²) in [5, 5.41) is 5.40. The molecule has 1 aromatic heterocycles.